The van der Waals surface area contributed by atoms with Gasteiger partial charge in [0.25, 0.3) is 5.91 Å². The van der Waals surface area contributed by atoms with Crippen molar-refractivity contribution in [3.05, 3.63) is 59.2 Å². The summed E-state index contributed by atoms with van der Waals surface area (Å²) in [5, 5.41) is 10.6. The lowest BCUT2D eigenvalue weighted by molar-refractivity contribution is -0.274. The topological polar surface area (TPSA) is 91.4 Å². The number of likely N-dealkylation sites (tertiary alicyclic amines) is 2. The Balaban J connectivity index is 1.16. The van der Waals surface area contributed by atoms with E-state index in [-0.39, 0.29) is 17.6 Å². The predicted octanol–water partition coefficient (Wildman–Crippen LogP) is 4.19. The zero-order chi connectivity index (χ0) is 26.2. The van der Waals surface area contributed by atoms with Crippen LogP contribution in [0.15, 0.2) is 42.5 Å². The Hall–Kier alpha value is -3.89. The van der Waals surface area contributed by atoms with Gasteiger partial charge in [-0.05, 0) is 79.1 Å². The van der Waals surface area contributed by atoms with Crippen molar-refractivity contribution in [2.45, 2.75) is 26.1 Å². The molecule has 8 nitrogen and oxygen atoms in total. The number of aromatic amines is 1. The molecule has 0 spiro atoms. The summed E-state index contributed by atoms with van der Waals surface area (Å²) in [6.07, 6.45) is -0.0602. The first-order chi connectivity index (χ1) is 17.7. The number of rotatable bonds is 4. The number of hydrogen-bond acceptors (Lipinski definition) is 5. The maximum absolute atomic E-state index is 13.1. The highest BCUT2D eigenvalue weighted by molar-refractivity contribution is 5.97. The van der Waals surface area contributed by atoms with Crippen molar-refractivity contribution in [1.82, 2.24) is 25.2 Å². The maximum Gasteiger partial charge on any atom is 0.573 e. The average Bonchev–Trinajstić information content (AvgIpc) is 3.44. The highest BCUT2D eigenvalue weighted by Gasteiger charge is 2.37. The van der Waals surface area contributed by atoms with Crippen molar-refractivity contribution in [2.24, 2.45) is 11.8 Å². The van der Waals surface area contributed by atoms with Crippen molar-refractivity contribution in [3.63, 3.8) is 0 Å². The number of H-pyrrole nitrogens is 1. The number of carbonyl (C=O) groups excluding carboxylic acids is 2. The molecule has 2 amide bonds. The van der Waals surface area contributed by atoms with Crippen LogP contribution in [0, 0.1) is 18.8 Å². The summed E-state index contributed by atoms with van der Waals surface area (Å²) in [5.74, 6) is 0.202. The zero-order valence-corrected chi connectivity index (χ0v) is 20.2. The van der Waals surface area contributed by atoms with Crippen molar-refractivity contribution >= 4 is 28.9 Å². The lowest BCUT2D eigenvalue weighted by Gasteiger charge is -2.21. The Morgan fingerprint density at radius 1 is 1.00 bits per heavy atom. The SMILES string of the molecule is Cc1cc(OC(F)(F)F)ccc1/C=C/C(=O)N1CCC2CN(C(=O)c3ccc4n[nH]nc4c3)CC2CC1. The van der Waals surface area contributed by atoms with E-state index in [1.54, 1.807) is 36.1 Å². The number of aromatic nitrogens is 3. The van der Waals surface area contributed by atoms with Gasteiger partial charge in [-0.1, -0.05) is 6.07 Å². The third-order valence-electron chi connectivity index (χ3n) is 7.16. The second kappa shape index (κ2) is 9.87. The summed E-state index contributed by atoms with van der Waals surface area (Å²) < 4.78 is 41.2. The molecule has 2 aliphatic heterocycles. The molecule has 194 valence electrons. The van der Waals surface area contributed by atoms with Crippen LogP contribution in [0.1, 0.15) is 34.3 Å². The summed E-state index contributed by atoms with van der Waals surface area (Å²) in [6.45, 7) is 4.16. The van der Waals surface area contributed by atoms with Crippen molar-refractivity contribution in [3.8, 4) is 5.75 Å². The van der Waals surface area contributed by atoms with Gasteiger partial charge in [-0.25, -0.2) is 0 Å². The van der Waals surface area contributed by atoms with Crippen LogP contribution >= 0.6 is 0 Å². The highest BCUT2D eigenvalue weighted by Crippen LogP contribution is 2.33. The van der Waals surface area contributed by atoms with Crippen LogP contribution in [0.3, 0.4) is 0 Å². The summed E-state index contributed by atoms with van der Waals surface area (Å²) in [6, 6.07) is 9.33. The number of alkyl halides is 3. The molecular formula is C26H26F3N5O3. The van der Waals surface area contributed by atoms with E-state index in [9.17, 15) is 22.8 Å². The van der Waals surface area contributed by atoms with E-state index in [1.807, 2.05) is 4.90 Å². The lowest BCUT2D eigenvalue weighted by Crippen LogP contribution is -2.33. The summed E-state index contributed by atoms with van der Waals surface area (Å²) in [4.78, 5) is 29.6. The normalized spacial score (nSPS) is 20.3. The number of amides is 2. The number of halogens is 3. The minimum atomic E-state index is -4.75. The number of ether oxygens (including phenoxy) is 1. The summed E-state index contributed by atoms with van der Waals surface area (Å²) in [5.41, 5.74) is 3.18. The first kappa shape index (κ1) is 24.8. The van der Waals surface area contributed by atoms with E-state index in [2.05, 4.69) is 20.1 Å². The molecule has 2 unspecified atom stereocenters. The van der Waals surface area contributed by atoms with E-state index in [0.29, 0.717) is 65.7 Å². The summed E-state index contributed by atoms with van der Waals surface area (Å²) >= 11 is 0. The van der Waals surface area contributed by atoms with Gasteiger partial charge in [0.05, 0.1) is 0 Å². The van der Waals surface area contributed by atoms with E-state index in [0.717, 1.165) is 12.8 Å². The van der Waals surface area contributed by atoms with Gasteiger partial charge >= 0.3 is 6.36 Å². The van der Waals surface area contributed by atoms with E-state index in [1.165, 1.54) is 24.3 Å². The van der Waals surface area contributed by atoms with Crippen molar-refractivity contribution < 1.29 is 27.5 Å². The number of hydrogen-bond donors (Lipinski definition) is 1. The van der Waals surface area contributed by atoms with Gasteiger partial charge in [-0.3, -0.25) is 9.59 Å². The third kappa shape index (κ3) is 5.60. The van der Waals surface area contributed by atoms with Crippen LogP contribution in [0.4, 0.5) is 13.2 Å². The molecule has 2 saturated heterocycles. The van der Waals surface area contributed by atoms with E-state index in [4.69, 9.17) is 0 Å². The number of aryl methyl sites for hydroxylation is 1. The molecule has 2 aliphatic rings. The van der Waals surface area contributed by atoms with Crippen LogP contribution in [0.2, 0.25) is 0 Å². The second-order valence-corrected chi connectivity index (χ2v) is 9.56. The number of nitrogens with one attached hydrogen (secondary N) is 1. The Morgan fingerprint density at radius 2 is 1.70 bits per heavy atom. The molecule has 1 N–H and O–H groups in total. The number of fused-ring (bicyclic) bond motifs is 2. The third-order valence-corrected chi connectivity index (χ3v) is 7.16. The van der Waals surface area contributed by atoms with Crippen molar-refractivity contribution in [1.29, 1.82) is 0 Å². The average molecular weight is 514 g/mol. The largest absolute Gasteiger partial charge is 0.573 e. The van der Waals surface area contributed by atoms with Gasteiger partial charge in [0.2, 0.25) is 5.91 Å². The predicted molar refractivity (Wildman–Crippen MR) is 129 cm³/mol. The molecule has 3 aromatic rings. The van der Waals surface area contributed by atoms with Crippen LogP contribution in [-0.2, 0) is 4.79 Å². The van der Waals surface area contributed by atoms with Crippen LogP contribution in [0.25, 0.3) is 17.1 Å². The van der Waals surface area contributed by atoms with E-state index >= 15 is 0 Å². The van der Waals surface area contributed by atoms with Gasteiger partial charge in [-0.2, -0.15) is 15.4 Å². The Labute approximate surface area is 211 Å². The fraction of sp³-hybridized carbons (Fsp3) is 0.385. The quantitative estimate of drug-likeness (QED) is 0.529. The summed E-state index contributed by atoms with van der Waals surface area (Å²) in [7, 11) is 0. The molecule has 2 atom stereocenters. The molecule has 0 saturated carbocycles. The van der Waals surface area contributed by atoms with Crippen LogP contribution in [0.5, 0.6) is 5.75 Å². The van der Waals surface area contributed by atoms with Gasteiger partial charge in [-0.15, -0.1) is 13.2 Å². The molecular weight excluding hydrogens is 487 g/mol. The molecule has 11 heteroatoms. The van der Waals surface area contributed by atoms with Gasteiger partial charge in [0.1, 0.15) is 16.8 Å². The molecule has 1 aromatic heterocycles. The molecule has 2 fully saturated rings. The molecule has 0 aliphatic carbocycles. The minimum absolute atomic E-state index is 0.0177. The minimum Gasteiger partial charge on any atom is -0.406 e. The molecule has 3 heterocycles. The first-order valence-corrected chi connectivity index (χ1v) is 12.1. The maximum atomic E-state index is 13.1. The Morgan fingerprint density at radius 3 is 2.38 bits per heavy atom. The number of nitrogens with zero attached hydrogens (tertiary/aromatic N) is 4. The van der Waals surface area contributed by atoms with Crippen LogP contribution < -0.4 is 4.74 Å². The van der Waals surface area contributed by atoms with Gasteiger partial charge in [0, 0.05) is 37.8 Å². The van der Waals surface area contributed by atoms with Crippen molar-refractivity contribution in [2.75, 3.05) is 26.2 Å². The molecule has 5 rings (SSSR count). The number of benzene rings is 2. The molecule has 37 heavy (non-hydrogen) atoms. The van der Waals surface area contributed by atoms with Gasteiger partial charge in [0.15, 0.2) is 0 Å². The smallest absolute Gasteiger partial charge is 0.406 e. The lowest BCUT2D eigenvalue weighted by atomic mass is 9.92. The standard InChI is InChI=1S/C26H26F3N5O3/c1-16-12-21(37-26(27,28)29)5-2-17(16)4-7-24(35)33-10-8-19-14-34(15-20(19)9-11-33)25(36)18-3-6-22-23(13-18)31-32-30-22/h2-7,12-13,19-20H,8-11,14-15H2,1H3,(H,30,31,32)/b7-4+. The van der Waals surface area contributed by atoms with Gasteiger partial charge < -0.3 is 14.5 Å². The molecule has 2 aromatic carbocycles. The highest BCUT2D eigenvalue weighted by atomic mass is 19.4. The zero-order valence-electron chi connectivity index (χ0n) is 20.2. The first-order valence-electron chi connectivity index (χ1n) is 12.1. The number of carbonyl (C=O) groups is 2. The Kier molecular flexibility index (Phi) is 6.61. The molecule has 0 radical (unpaired) electrons. The monoisotopic (exact) mass is 513 g/mol. The fourth-order valence-corrected chi connectivity index (χ4v) is 5.19. The Bertz CT molecular complexity index is 1340. The van der Waals surface area contributed by atoms with E-state index < -0.39 is 6.36 Å². The second-order valence-electron chi connectivity index (χ2n) is 9.56. The fourth-order valence-electron chi connectivity index (χ4n) is 5.19. The molecule has 0 bridgehead atoms. The van der Waals surface area contributed by atoms with Crippen LogP contribution in [-0.4, -0.2) is 69.6 Å².